The average molecular weight is 564 g/mol. The number of aliphatic imine (C=N–C) groups is 1. The number of hydrogen-bond donors (Lipinski definition) is 0. The highest BCUT2D eigenvalue weighted by atomic mass is 16.3. The average Bonchev–Trinajstić information content (AvgIpc) is 3.39. The summed E-state index contributed by atoms with van der Waals surface area (Å²) in [4.78, 5) is 5.50. The van der Waals surface area contributed by atoms with E-state index < -0.39 is 0 Å². The van der Waals surface area contributed by atoms with Gasteiger partial charge >= 0.3 is 0 Å². The highest BCUT2D eigenvalue weighted by Crippen LogP contribution is 2.47. The van der Waals surface area contributed by atoms with Gasteiger partial charge in [-0.1, -0.05) is 116 Å². The van der Waals surface area contributed by atoms with E-state index in [2.05, 4.69) is 146 Å². The number of fused-ring (bicyclic) bond motifs is 4. The fraction of sp³-hybridized carbons (Fsp3) is 0.0714. The van der Waals surface area contributed by atoms with Crippen LogP contribution in [-0.2, 0) is 0 Å². The van der Waals surface area contributed by atoms with Gasteiger partial charge in [-0.25, -0.2) is 4.99 Å². The molecular formula is C42H29NO. The van der Waals surface area contributed by atoms with Crippen LogP contribution in [0.4, 0.5) is 5.69 Å². The third kappa shape index (κ3) is 3.71. The van der Waals surface area contributed by atoms with Crippen LogP contribution >= 0.6 is 0 Å². The predicted molar refractivity (Wildman–Crippen MR) is 185 cm³/mol. The highest BCUT2D eigenvalue weighted by molar-refractivity contribution is 6.40. The van der Waals surface area contributed by atoms with Crippen molar-refractivity contribution in [2.24, 2.45) is 4.99 Å². The van der Waals surface area contributed by atoms with Crippen molar-refractivity contribution in [3.05, 3.63) is 156 Å². The van der Waals surface area contributed by atoms with Crippen molar-refractivity contribution in [1.82, 2.24) is 0 Å². The smallest absolute Gasteiger partial charge is 0.136 e. The minimum atomic E-state index is 0.234. The van der Waals surface area contributed by atoms with Crippen molar-refractivity contribution in [1.29, 1.82) is 0 Å². The molecule has 0 aliphatic carbocycles. The van der Waals surface area contributed by atoms with Crippen LogP contribution in [-0.4, -0.2) is 5.71 Å². The third-order valence-electron chi connectivity index (χ3n) is 9.31. The maximum Gasteiger partial charge on any atom is 0.136 e. The second-order valence-corrected chi connectivity index (χ2v) is 11.7. The molecule has 0 radical (unpaired) electrons. The molecule has 0 saturated heterocycles. The number of benzene rings is 7. The molecular weight excluding hydrogens is 534 g/mol. The topological polar surface area (TPSA) is 25.5 Å². The van der Waals surface area contributed by atoms with Crippen LogP contribution in [0.25, 0.3) is 60.2 Å². The minimum absolute atomic E-state index is 0.234. The molecule has 44 heavy (non-hydrogen) atoms. The number of para-hydroxylation sites is 1. The molecule has 1 aliphatic rings. The summed E-state index contributed by atoms with van der Waals surface area (Å²) in [6.45, 7) is 2.27. The van der Waals surface area contributed by atoms with Gasteiger partial charge in [0.1, 0.15) is 11.2 Å². The van der Waals surface area contributed by atoms with Crippen LogP contribution in [0.3, 0.4) is 0 Å². The summed E-state index contributed by atoms with van der Waals surface area (Å²) in [5.74, 6) is 0.234. The maximum absolute atomic E-state index is 6.47. The first-order chi connectivity index (χ1) is 21.8. The SMILES string of the molecule is CCC1C=C(c2ccc3oc4cccc5c6ccccc6c2c3c45)C(c2cccc(-c3ccccc3)c2)=Nc2ccccc21. The molecule has 1 aromatic heterocycles. The van der Waals surface area contributed by atoms with E-state index in [1.165, 1.54) is 60.1 Å². The van der Waals surface area contributed by atoms with Gasteiger partial charge in [0, 0.05) is 33.2 Å². The molecule has 1 aliphatic heterocycles. The lowest BCUT2D eigenvalue weighted by Gasteiger charge is -2.18. The second-order valence-electron chi connectivity index (χ2n) is 11.7. The molecule has 2 heteroatoms. The van der Waals surface area contributed by atoms with Gasteiger partial charge in [0.05, 0.1) is 11.4 Å². The van der Waals surface area contributed by atoms with E-state index in [9.17, 15) is 0 Å². The summed E-state index contributed by atoms with van der Waals surface area (Å²) in [5.41, 5.74) is 11.0. The van der Waals surface area contributed by atoms with E-state index in [1.807, 2.05) is 0 Å². The summed E-state index contributed by atoms with van der Waals surface area (Å²) >= 11 is 0. The van der Waals surface area contributed by atoms with Crippen LogP contribution < -0.4 is 0 Å². The first-order valence-electron chi connectivity index (χ1n) is 15.4. The molecule has 0 fully saturated rings. The van der Waals surface area contributed by atoms with E-state index in [-0.39, 0.29) is 5.92 Å². The summed E-state index contributed by atoms with van der Waals surface area (Å²) in [6.07, 6.45) is 3.46. The largest absolute Gasteiger partial charge is 0.456 e. The van der Waals surface area contributed by atoms with Gasteiger partial charge in [0.2, 0.25) is 0 Å². The third-order valence-corrected chi connectivity index (χ3v) is 9.31. The molecule has 2 nitrogen and oxygen atoms in total. The number of rotatable bonds is 4. The Hall–Kier alpha value is -5.47. The van der Waals surface area contributed by atoms with Gasteiger partial charge < -0.3 is 4.42 Å². The van der Waals surface area contributed by atoms with Crippen molar-refractivity contribution in [2.75, 3.05) is 0 Å². The number of hydrogen-bond acceptors (Lipinski definition) is 2. The molecule has 9 rings (SSSR count). The number of furan rings is 1. The quantitative estimate of drug-likeness (QED) is 0.196. The van der Waals surface area contributed by atoms with E-state index in [1.54, 1.807) is 0 Å². The van der Waals surface area contributed by atoms with Gasteiger partial charge in [-0.3, -0.25) is 0 Å². The molecule has 8 aromatic rings. The lowest BCUT2D eigenvalue weighted by atomic mass is 9.84. The molecule has 2 heterocycles. The Bertz CT molecular complexity index is 2420. The first kappa shape index (κ1) is 25.1. The molecule has 7 aromatic carbocycles. The van der Waals surface area contributed by atoms with Gasteiger partial charge in [0.25, 0.3) is 0 Å². The normalized spacial score (nSPS) is 15.1. The van der Waals surface area contributed by atoms with Gasteiger partial charge in [-0.2, -0.15) is 0 Å². The standard InChI is InChI=1S/C42H29NO/c1-2-26-25-35(34-22-23-38-41-39(34)32-18-7-6-17-31(32)33-19-11-21-37(44-38)40(33)41)42(43-36-20-9-8-16-30(26)36)29-15-10-14-28(24-29)27-12-4-3-5-13-27/h3-26H,2H2,1H3. The second kappa shape index (κ2) is 9.79. The summed E-state index contributed by atoms with van der Waals surface area (Å²) in [6, 6.07) is 47.7. The van der Waals surface area contributed by atoms with Crippen molar-refractivity contribution < 1.29 is 4.42 Å². The Morgan fingerprint density at radius 3 is 2.14 bits per heavy atom. The van der Waals surface area contributed by atoms with Crippen LogP contribution in [0.1, 0.15) is 36.0 Å². The zero-order valence-electron chi connectivity index (χ0n) is 24.4. The first-order valence-corrected chi connectivity index (χ1v) is 15.4. The highest BCUT2D eigenvalue weighted by Gasteiger charge is 2.26. The Balaban J connectivity index is 1.39. The molecule has 0 spiro atoms. The molecule has 208 valence electrons. The zero-order valence-corrected chi connectivity index (χ0v) is 24.4. The Morgan fingerprint density at radius 2 is 1.25 bits per heavy atom. The molecule has 0 saturated carbocycles. The van der Waals surface area contributed by atoms with Gasteiger partial charge in [0.15, 0.2) is 0 Å². The van der Waals surface area contributed by atoms with E-state index in [4.69, 9.17) is 9.41 Å². The lowest BCUT2D eigenvalue weighted by molar-refractivity contribution is 0.669. The maximum atomic E-state index is 6.47. The lowest BCUT2D eigenvalue weighted by Crippen LogP contribution is -2.06. The Morgan fingerprint density at radius 1 is 0.568 bits per heavy atom. The van der Waals surface area contributed by atoms with E-state index in [0.717, 1.165) is 34.5 Å². The predicted octanol–water partition coefficient (Wildman–Crippen LogP) is 11.7. The van der Waals surface area contributed by atoms with Crippen LogP contribution in [0.2, 0.25) is 0 Å². The number of allylic oxidation sites excluding steroid dienone is 2. The van der Waals surface area contributed by atoms with Crippen molar-refractivity contribution in [3.8, 4) is 11.1 Å². The molecule has 0 N–H and O–H groups in total. The number of nitrogens with zero attached hydrogens (tertiary/aromatic N) is 1. The summed E-state index contributed by atoms with van der Waals surface area (Å²) < 4.78 is 6.47. The van der Waals surface area contributed by atoms with Crippen molar-refractivity contribution in [3.63, 3.8) is 0 Å². The monoisotopic (exact) mass is 563 g/mol. The fourth-order valence-corrected chi connectivity index (χ4v) is 7.28. The Labute approximate surface area is 255 Å². The van der Waals surface area contributed by atoms with Gasteiger partial charge in [-0.15, -0.1) is 0 Å². The van der Waals surface area contributed by atoms with Crippen LogP contribution in [0.15, 0.2) is 149 Å². The minimum Gasteiger partial charge on any atom is -0.456 e. The molecule has 1 atom stereocenters. The van der Waals surface area contributed by atoms with Crippen LogP contribution in [0, 0.1) is 0 Å². The Kier molecular flexibility index (Phi) is 5.58. The molecule has 1 unspecified atom stereocenters. The van der Waals surface area contributed by atoms with E-state index >= 15 is 0 Å². The molecule has 0 bridgehead atoms. The van der Waals surface area contributed by atoms with Crippen molar-refractivity contribution in [2.45, 2.75) is 19.3 Å². The van der Waals surface area contributed by atoms with Crippen LogP contribution in [0.5, 0.6) is 0 Å². The van der Waals surface area contributed by atoms with Crippen molar-refractivity contribution >= 4 is 60.5 Å². The molecule has 0 amide bonds. The fourth-order valence-electron chi connectivity index (χ4n) is 7.28. The van der Waals surface area contributed by atoms with E-state index in [0.29, 0.717) is 0 Å². The zero-order chi connectivity index (χ0) is 29.2. The summed E-state index contributed by atoms with van der Waals surface area (Å²) in [5, 5.41) is 7.35. The van der Waals surface area contributed by atoms with Gasteiger partial charge in [-0.05, 0) is 75.2 Å². The summed E-state index contributed by atoms with van der Waals surface area (Å²) in [7, 11) is 0.